The van der Waals surface area contributed by atoms with E-state index in [2.05, 4.69) is 26.0 Å². The Labute approximate surface area is 191 Å². The zero-order valence-electron chi connectivity index (χ0n) is 18.5. The van der Waals surface area contributed by atoms with Gasteiger partial charge in [-0.1, -0.05) is 25.5 Å². The second-order valence-corrected chi connectivity index (χ2v) is 12.0. The topological polar surface area (TPSA) is 50.1 Å². The van der Waals surface area contributed by atoms with Gasteiger partial charge in [-0.25, -0.2) is 0 Å². The Morgan fingerprint density at radius 1 is 1.23 bits per heavy atom. The first-order valence-electron chi connectivity index (χ1n) is 11.7. The summed E-state index contributed by atoms with van der Waals surface area (Å²) in [5, 5.41) is 9.35. The van der Waals surface area contributed by atoms with Gasteiger partial charge in [0.1, 0.15) is 10.9 Å². The lowest BCUT2D eigenvalue weighted by Crippen LogP contribution is -2.51. The number of fused-ring (bicyclic) bond motifs is 5. The second-order valence-electron chi connectivity index (χ2n) is 10.8. The van der Waals surface area contributed by atoms with Gasteiger partial charge in [0, 0.05) is 25.7 Å². The van der Waals surface area contributed by atoms with E-state index in [4.69, 9.17) is 27.9 Å². The third-order valence-electron chi connectivity index (χ3n) is 9.63. The van der Waals surface area contributed by atoms with Crippen LogP contribution >= 0.6 is 23.2 Å². The van der Waals surface area contributed by atoms with Crippen molar-refractivity contribution in [1.82, 2.24) is 0 Å². The Bertz CT molecular complexity index is 759. The van der Waals surface area contributed by atoms with Crippen LogP contribution in [0.4, 0.5) is 0 Å². The van der Waals surface area contributed by atoms with Gasteiger partial charge in [-0.05, 0) is 79.4 Å². The number of allylic oxidation sites excluding steroid dienone is 1. The fourth-order valence-electron chi connectivity index (χ4n) is 8.22. The molecule has 0 aromatic rings. The highest BCUT2D eigenvalue weighted by atomic mass is 35.5. The molecule has 4 rings (SSSR count). The molecule has 3 fully saturated rings. The van der Waals surface area contributed by atoms with E-state index in [-0.39, 0.29) is 28.8 Å². The number of esters is 1. The molecule has 3 saturated carbocycles. The molecule has 0 amide bonds. The number of ether oxygens (including phenoxy) is 1. The predicted molar refractivity (Wildman–Crippen MR) is 120 cm³/mol. The van der Waals surface area contributed by atoms with E-state index in [1.807, 2.05) is 0 Å². The highest BCUT2D eigenvalue weighted by Crippen LogP contribution is 2.67. The summed E-state index contributed by atoms with van der Waals surface area (Å²) in [5.41, 5.74) is 2.01. The Morgan fingerprint density at radius 2 is 2.00 bits per heavy atom. The molecular formula is C25H35Cl2NO2. The van der Waals surface area contributed by atoms with Crippen LogP contribution in [0.15, 0.2) is 11.6 Å². The van der Waals surface area contributed by atoms with Gasteiger partial charge >= 0.3 is 5.97 Å². The average Bonchev–Trinajstić information content (AvgIpc) is 3.02. The third kappa shape index (κ3) is 3.61. The summed E-state index contributed by atoms with van der Waals surface area (Å²) in [7, 11) is 0. The Kier molecular flexibility index (Phi) is 6.24. The molecule has 0 heterocycles. The molecule has 0 aromatic heterocycles. The van der Waals surface area contributed by atoms with Crippen molar-refractivity contribution in [2.75, 3.05) is 0 Å². The van der Waals surface area contributed by atoms with Crippen molar-refractivity contribution in [3.05, 3.63) is 11.6 Å². The number of hydrogen-bond acceptors (Lipinski definition) is 3. The van der Waals surface area contributed by atoms with Crippen molar-refractivity contribution in [3.8, 4) is 6.07 Å². The predicted octanol–water partition coefficient (Wildman–Crippen LogP) is 6.83. The van der Waals surface area contributed by atoms with Crippen LogP contribution < -0.4 is 0 Å². The van der Waals surface area contributed by atoms with E-state index in [0.717, 1.165) is 32.1 Å². The van der Waals surface area contributed by atoms with Crippen molar-refractivity contribution in [2.45, 2.75) is 89.5 Å². The first kappa shape index (κ1) is 22.5. The van der Waals surface area contributed by atoms with Crippen molar-refractivity contribution in [1.29, 1.82) is 5.26 Å². The van der Waals surface area contributed by atoms with Gasteiger partial charge in [-0.3, -0.25) is 4.79 Å². The Morgan fingerprint density at radius 3 is 2.67 bits per heavy atom. The molecule has 0 spiro atoms. The molecule has 166 valence electrons. The summed E-state index contributed by atoms with van der Waals surface area (Å²) < 4.78 is 5.56. The van der Waals surface area contributed by atoms with Crippen LogP contribution in [0.5, 0.6) is 0 Å². The summed E-state index contributed by atoms with van der Waals surface area (Å²) in [6.45, 7) is 6.45. The number of nitriles is 1. The molecular weight excluding hydrogens is 417 g/mol. The number of halogens is 2. The summed E-state index contributed by atoms with van der Waals surface area (Å²) in [6, 6.07) is 2.34. The molecule has 0 bridgehead atoms. The first-order valence-corrected chi connectivity index (χ1v) is 12.6. The molecule has 0 aromatic carbocycles. The van der Waals surface area contributed by atoms with Crippen LogP contribution in [0.25, 0.3) is 0 Å². The lowest BCUT2D eigenvalue weighted by molar-refractivity contribution is -0.148. The molecule has 30 heavy (non-hydrogen) atoms. The lowest BCUT2D eigenvalue weighted by atomic mass is 9.47. The van der Waals surface area contributed by atoms with Crippen molar-refractivity contribution in [3.63, 3.8) is 0 Å². The minimum Gasteiger partial charge on any atom is -0.462 e. The highest BCUT2D eigenvalue weighted by molar-refractivity contribution is 6.44. The van der Waals surface area contributed by atoms with Gasteiger partial charge < -0.3 is 4.74 Å². The number of rotatable bonds is 4. The largest absolute Gasteiger partial charge is 0.462 e. The SMILES string of the molecule is CC(=O)OC1CC[C@@]2(C)C(=CC[C@H]3[C@@H]4CC[C@H](C(CC#N)C(Cl)Cl)[C@@]4(C)CC[C@@H]32)C1. The zero-order chi connectivity index (χ0) is 21.7. The molecule has 8 atom stereocenters. The van der Waals surface area contributed by atoms with Crippen molar-refractivity contribution in [2.24, 2.45) is 40.4 Å². The number of alkyl halides is 2. The van der Waals surface area contributed by atoms with Gasteiger partial charge in [0.25, 0.3) is 0 Å². The summed E-state index contributed by atoms with van der Waals surface area (Å²) >= 11 is 12.7. The maximum atomic E-state index is 11.4. The molecule has 0 N–H and O–H groups in total. The lowest BCUT2D eigenvalue weighted by Gasteiger charge is -2.58. The second kappa shape index (κ2) is 8.32. The van der Waals surface area contributed by atoms with E-state index < -0.39 is 4.84 Å². The van der Waals surface area contributed by atoms with Crippen LogP contribution in [0.3, 0.4) is 0 Å². The average molecular weight is 452 g/mol. The van der Waals surface area contributed by atoms with Crippen molar-refractivity contribution >= 4 is 29.2 Å². The zero-order valence-corrected chi connectivity index (χ0v) is 20.0. The number of nitrogens with zero attached hydrogens (tertiary/aromatic N) is 1. The summed E-state index contributed by atoms with van der Waals surface area (Å²) in [4.78, 5) is 11.0. The fraction of sp³-hybridized carbons (Fsp3) is 0.840. The van der Waals surface area contributed by atoms with E-state index in [9.17, 15) is 10.1 Å². The van der Waals surface area contributed by atoms with Gasteiger partial charge in [0.2, 0.25) is 0 Å². The normalized spacial score (nSPS) is 43.6. The van der Waals surface area contributed by atoms with Crippen LogP contribution in [0.1, 0.15) is 78.6 Å². The molecule has 0 saturated heterocycles. The maximum Gasteiger partial charge on any atom is 0.302 e. The quantitative estimate of drug-likeness (QED) is 0.267. The molecule has 3 nitrogen and oxygen atoms in total. The summed E-state index contributed by atoms with van der Waals surface area (Å²) in [6.07, 6.45) is 12.0. The Balaban J connectivity index is 1.56. The molecule has 4 aliphatic carbocycles. The molecule has 0 aliphatic heterocycles. The smallest absolute Gasteiger partial charge is 0.302 e. The third-order valence-corrected chi connectivity index (χ3v) is 10.3. The van der Waals surface area contributed by atoms with Crippen LogP contribution in [0.2, 0.25) is 0 Å². The van der Waals surface area contributed by atoms with Crippen LogP contribution in [-0.2, 0) is 9.53 Å². The fourth-order valence-corrected chi connectivity index (χ4v) is 8.75. The van der Waals surface area contributed by atoms with E-state index >= 15 is 0 Å². The van der Waals surface area contributed by atoms with E-state index in [1.165, 1.54) is 31.8 Å². The van der Waals surface area contributed by atoms with Crippen LogP contribution in [-0.4, -0.2) is 16.9 Å². The van der Waals surface area contributed by atoms with Crippen LogP contribution in [0, 0.1) is 51.8 Å². The number of carbonyl (C=O) groups is 1. The van der Waals surface area contributed by atoms with Gasteiger partial charge in [0.15, 0.2) is 0 Å². The Hall–Kier alpha value is -0.720. The maximum absolute atomic E-state index is 11.4. The molecule has 0 radical (unpaired) electrons. The van der Waals surface area contributed by atoms with Crippen molar-refractivity contribution < 1.29 is 9.53 Å². The number of carbonyl (C=O) groups excluding carboxylic acids is 1. The first-order chi connectivity index (χ1) is 14.2. The van der Waals surface area contributed by atoms with E-state index in [1.54, 1.807) is 0 Å². The standard InChI is InChI=1S/C25H35Cl2NO2/c1-15(29)30-17-8-11-24(2)16(14-17)4-5-18-20-6-7-21(19(10-13-28)23(26)27)25(20,3)12-9-22(18)24/h4,17-23H,5-12,14H2,1-3H3/t17?,18-,19?,20-,21+,22-,24-,25-/m0/s1. The molecule has 5 heteroatoms. The van der Waals surface area contributed by atoms with Gasteiger partial charge in [-0.15, -0.1) is 23.2 Å². The number of hydrogen-bond donors (Lipinski definition) is 0. The molecule has 4 aliphatic rings. The minimum atomic E-state index is -0.463. The molecule has 2 unspecified atom stereocenters. The highest BCUT2D eigenvalue weighted by Gasteiger charge is 2.60. The minimum absolute atomic E-state index is 0.0548. The van der Waals surface area contributed by atoms with E-state index in [0.29, 0.717) is 30.1 Å². The monoisotopic (exact) mass is 451 g/mol. The van der Waals surface area contributed by atoms with Gasteiger partial charge in [-0.2, -0.15) is 5.26 Å². The summed E-state index contributed by atoms with van der Waals surface area (Å²) in [5.74, 6) is 2.47. The van der Waals surface area contributed by atoms with Gasteiger partial charge in [0.05, 0.1) is 6.07 Å².